The molecule has 1 aromatic carbocycles. The van der Waals surface area contributed by atoms with Gasteiger partial charge in [0.1, 0.15) is 0 Å². The fourth-order valence-corrected chi connectivity index (χ4v) is 5.29. The van der Waals surface area contributed by atoms with Crippen molar-refractivity contribution in [1.82, 2.24) is 4.72 Å². The van der Waals surface area contributed by atoms with E-state index in [0.717, 1.165) is 19.3 Å². The average molecular weight is 341 g/mol. The van der Waals surface area contributed by atoms with Crippen molar-refractivity contribution in [1.29, 1.82) is 0 Å². The zero-order valence-corrected chi connectivity index (χ0v) is 14.2. The number of hydrogen-bond acceptors (Lipinski definition) is 5. The van der Waals surface area contributed by atoms with Crippen molar-refractivity contribution in [2.24, 2.45) is 11.7 Å². The Kier molecular flexibility index (Phi) is 5.07. The first kappa shape index (κ1) is 17.8. The van der Waals surface area contributed by atoms with Crippen molar-refractivity contribution in [2.75, 3.05) is 6.54 Å². The van der Waals surface area contributed by atoms with E-state index in [-0.39, 0.29) is 17.4 Å². The Morgan fingerprint density at radius 1 is 1.43 bits per heavy atom. The van der Waals surface area contributed by atoms with Crippen LogP contribution in [-0.4, -0.2) is 25.4 Å². The van der Waals surface area contributed by atoms with Gasteiger partial charge in [0.05, 0.1) is 4.92 Å². The van der Waals surface area contributed by atoms with Gasteiger partial charge in [0.2, 0.25) is 10.0 Å². The van der Waals surface area contributed by atoms with Crippen molar-refractivity contribution in [2.45, 2.75) is 50.0 Å². The lowest BCUT2D eigenvalue weighted by Gasteiger charge is -2.42. The lowest BCUT2D eigenvalue weighted by molar-refractivity contribution is -0.387. The predicted octanol–water partition coefficient (Wildman–Crippen LogP) is 2.09. The minimum atomic E-state index is -4.04. The number of nitrogens with one attached hydrogen (secondary N) is 1. The highest BCUT2D eigenvalue weighted by atomic mass is 32.2. The molecule has 0 aromatic heterocycles. The molecule has 128 valence electrons. The molecule has 0 bridgehead atoms. The molecule has 7 nitrogen and oxygen atoms in total. The largest absolute Gasteiger partial charge is 0.329 e. The van der Waals surface area contributed by atoms with Crippen LogP contribution in [0, 0.1) is 23.0 Å². The number of sulfonamides is 1. The van der Waals surface area contributed by atoms with Gasteiger partial charge in [-0.1, -0.05) is 31.9 Å². The predicted molar refractivity (Wildman–Crippen MR) is 87.6 cm³/mol. The first-order valence-electron chi connectivity index (χ1n) is 7.71. The maximum Gasteiger partial charge on any atom is 0.289 e. The van der Waals surface area contributed by atoms with Crippen molar-refractivity contribution < 1.29 is 13.3 Å². The van der Waals surface area contributed by atoms with Gasteiger partial charge in [0.15, 0.2) is 4.90 Å². The number of hydrogen-bond donors (Lipinski definition) is 2. The Hall–Kier alpha value is -1.51. The molecule has 2 atom stereocenters. The van der Waals surface area contributed by atoms with E-state index in [1.165, 1.54) is 12.1 Å². The molecule has 0 heterocycles. The number of benzene rings is 1. The Bertz CT molecular complexity index is 705. The standard InChI is InChI=1S/C15H23N3O4S/c1-11-6-5-8-13(18(19)20)14(11)23(21,22)17-15(10-16)9-4-3-7-12(15)2/h5-6,8,12,17H,3-4,7,9-10,16H2,1-2H3. The van der Waals surface area contributed by atoms with Crippen molar-refractivity contribution in [3.63, 3.8) is 0 Å². The second-order valence-corrected chi connectivity index (χ2v) is 7.91. The Morgan fingerprint density at radius 3 is 2.70 bits per heavy atom. The van der Waals surface area contributed by atoms with E-state index in [0.29, 0.717) is 12.0 Å². The Labute approximate surface area is 136 Å². The van der Waals surface area contributed by atoms with Crippen molar-refractivity contribution in [3.8, 4) is 0 Å². The number of nitro benzene ring substituents is 1. The van der Waals surface area contributed by atoms with E-state index in [2.05, 4.69) is 4.72 Å². The third-order valence-corrected chi connectivity index (χ3v) is 6.56. The van der Waals surface area contributed by atoms with Crippen molar-refractivity contribution in [3.05, 3.63) is 33.9 Å². The van der Waals surface area contributed by atoms with Crippen LogP contribution in [0.25, 0.3) is 0 Å². The van der Waals surface area contributed by atoms with Crippen LogP contribution in [0.2, 0.25) is 0 Å². The molecule has 0 saturated heterocycles. The number of nitrogens with zero attached hydrogens (tertiary/aromatic N) is 1. The molecule has 2 rings (SSSR count). The highest BCUT2D eigenvalue weighted by Gasteiger charge is 2.42. The molecule has 1 saturated carbocycles. The maximum absolute atomic E-state index is 12.9. The van der Waals surface area contributed by atoms with Crippen LogP contribution in [0.1, 0.15) is 38.2 Å². The molecule has 1 fully saturated rings. The lowest BCUT2D eigenvalue weighted by Crippen LogP contribution is -2.59. The number of aryl methyl sites for hydroxylation is 1. The summed E-state index contributed by atoms with van der Waals surface area (Å²) >= 11 is 0. The van der Waals surface area contributed by atoms with Gasteiger partial charge in [-0.15, -0.1) is 0 Å². The van der Waals surface area contributed by atoms with Crippen LogP contribution >= 0.6 is 0 Å². The molecule has 3 N–H and O–H groups in total. The van der Waals surface area contributed by atoms with Gasteiger partial charge in [-0.2, -0.15) is 0 Å². The maximum atomic E-state index is 12.9. The second kappa shape index (κ2) is 6.54. The molecule has 23 heavy (non-hydrogen) atoms. The molecule has 0 aliphatic heterocycles. The molecular formula is C15H23N3O4S. The van der Waals surface area contributed by atoms with E-state index in [9.17, 15) is 18.5 Å². The van der Waals surface area contributed by atoms with Gasteiger partial charge in [0, 0.05) is 18.2 Å². The molecule has 0 amide bonds. The zero-order valence-electron chi connectivity index (χ0n) is 13.4. The average Bonchev–Trinajstić information content (AvgIpc) is 2.49. The van der Waals surface area contributed by atoms with Gasteiger partial charge in [-0.25, -0.2) is 13.1 Å². The van der Waals surface area contributed by atoms with Crippen LogP contribution in [-0.2, 0) is 10.0 Å². The summed E-state index contributed by atoms with van der Waals surface area (Å²) in [6.07, 6.45) is 3.45. The molecule has 1 aliphatic rings. The van der Waals surface area contributed by atoms with Crippen molar-refractivity contribution >= 4 is 15.7 Å². The van der Waals surface area contributed by atoms with Gasteiger partial charge >= 0.3 is 0 Å². The Morgan fingerprint density at radius 2 is 2.13 bits per heavy atom. The van der Waals surface area contributed by atoms with Crippen LogP contribution < -0.4 is 10.5 Å². The summed E-state index contributed by atoms with van der Waals surface area (Å²) in [4.78, 5) is 10.3. The van der Waals surface area contributed by atoms with Gasteiger partial charge in [-0.05, 0) is 31.2 Å². The van der Waals surface area contributed by atoms with E-state index in [4.69, 9.17) is 5.73 Å². The van der Waals surface area contributed by atoms with Crippen LogP contribution in [0.4, 0.5) is 5.69 Å². The topological polar surface area (TPSA) is 115 Å². The molecule has 0 radical (unpaired) electrons. The minimum absolute atomic E-state index is 0.0825. The summed E-state index contributed by atoms with van der Waals surface area (Å²) in [6, 6.07) is 4.25. The summed E-state index contributed by atoms with van der Waals surface area (Å²) in [6.45, 7) is 3.70. The number of rotatable bonds is 5. The fourth-order valence-electron chi connectivity index (χ4n) is 3.36. The molecular weight excluding hydrogens is 318 g/mol. The smallest absolute Gasteiger partial charge is 0.289 e. The molecule has 0 spiro atoms. The van der Waals surface area contributed by atoms with E-state index in [1.807, 2.05) is 6.92 Å². The molecule has 2 unspecified atom stereocenters. The highest BCUT2D eigenvalue weighted by molar-refractivity contribution is 7.89. The first-order chi connectivity index (χ1) is 10.7. The van der Waals surface area contributed by atoms with E-state index < -0.39 is 26.2 Å². The number of nitrogens with two attached hydrogens (primary N) is 1. The number of nitro groups is 1. The summed E-state index contributed by atoms with van der Waals surface area (Å²) < 4.78 is 28.5. The normalized spacial score (nSPS) is 25.3. The monoisotopic (exact) mass is 341 g/mol. The minimum Gasteiger partial charge on any atom is -0.329 e. The fraction of sp³-hybridized carbons (Fsp3) is 0.600. The summed E-state index contributed by atoms with van der Waals surface area (Å²) in [7, 11) is -4.04. The van der Waals surface area contributed by atoms with Crippen LogP contribution in [0.3, 0.4) is 0 Å². The zero-order chi connectivity index (χ0) is 17.3. The van der Waals surface area contributed by atoms with Gasteiger partial charge < -0.3 is 5.73 Å². The highest BCUT2D eigenvalue weighted by Crippen LogP contribution is 2.36. The molecule has 1 aliphatic carbocycles. The van der Waals surface area contributed by atoms with Gasteiger partial charge in [0.25, 0.3) is 5.69 Å². The van der Waals surface area contributed by atoms with E-state index >= 15 is 0 Å². The first-order valence-corrected chi connectivity index (χ1v) is 9.20. The summed E-state index contributed by atoms with van der Waals surface area (Å²) in [5, 5.41) is 11.2. The third-order valence-electron chi connectivity index (χ3n) is 4.81. The molecule has 1 aromatic rings. The van der Waals surface area contributed by atoms with Crippen LogP contribution in [0.5, 0.6) is 0 Å². The summed E-state index contributed by atoms with van der Waals surface area (Å²) in [5.41, 5.74) is 5.09. The Balaban J connectivity index is 2.49. The van der Waals surface area contributed by atoms with Gasteiger partial charge in [-0.3, -0.25) is 10.1 Å². The summed E-state index contributed by atoms with van der Waals surface area (Å²) in [5.74, 6) is 0.0825. The lowest BCUT2D eigenvalue weighted by atomic mass is 9.74. The quantitative estimate of drug-likeness (QED) is 0.628. The van der Waals surface area contributed by atoms with Crippen LogP contribution in [0.15, 0.2) is 23.1 Å². The molecule has 8 heteroatoms. The third kappa shape index (κ3) is 3.39. The van der Waals surface area contributed by atoms with E-state index in [1.54, 1.807) is 13.0 Å². The SMILES string of the molecule is Cc1cccc([N+](=O)[O-])c1S(=O)(=O)NC1(CN)CCCCC1C. The second-order valence-electron chi connectivity index (χ2n) is 6.29.